The molecule has 3 rings (SSSR count). The Bertz CT molecular complexity index is 702. The quantitative estimate of drug-likeness (QED) is 0.669. The number of fused-ring (bicyclic) bond motifs is 3. The first-order chi connectivity index (χ1) is 9.63. The number of primary amides is 1. The number of hydrogen-bond acceptors (Lipinski definition) is 3. The van der Waals surface area contributed by atoms with Crippen LogP contribution >= 0.6 is 0 Å². The summed E-state index contributed by atoms with van der Waals surface area (Å²) in [7, 11) is 1.67. The van der Waals surface area contributed by atoms with Crippen LogP contribution in [0.1, 0.15) is 16.1 Å². The van der Waals surface area contributed by atoms with Crippen LogP contribution in [0.15, 0.2) is 24.3 Å². The van der Waals surface area contributed by atoms with Crippen molar-refractivity contribution in [2.75, 3.05) is 13.7 Å². The number of hydrogen-bond donors (Lipinski definition) is 1. The average molecular weight is 272 g/mol. The molecule has 0 bridgehead atoms. The molecular weight excluding hydrogens is 256 g/mol. The first-order valence-corrected chi connectivity index (χ1v) is 6.56. The topological polar surface area (TPSA) is 74.3 Å². The lowest BCUT2D eigenvalue weighted by Crippen LogP contribution is -2.24. The molecule has 104 valence electrons. The normalized spacial score (nSPS) is 17.4. The second-order valence-corrected chi connectivity index (χ2v) is 5.17. The van der Waals surface area contributed by atoms with Crippen molar-refractivity contribution in [1.29, 1.82) is 0 Å². The summed E-state index contributed by atoms with van der Waals surface area (Å²) in [5.41, 5.74) is 7.53. The summed E-state index contributed by atoms with van der Waals surface area (Å²) in [4.78, 5) is 23.4. The van der Waals surface area contributed by atoms with E-state index in [1.165, 1.54) is 0 Å². The third-order valence-corrected chi connectivity index (χ3v) is 3.85. The lowest BCUT2D eigenvalue weighted by Gasteiger charge is -2.08. The molecule has 0 spiro atoms. The Labute approximate surface area is 116 Å². The van der Waals surface area contributed by atoms with Gasteiger partial charge in [-0.2, -0.15) is 0 Å². The Morgan fingerprint density at radius 2 is 2.15 bits per heavy atom. The highest BCUT2D eigenvalue weighted by atomic mass is 16.5. The van der Waals surface area contributed by atoms with Gasteiger partial charge >= 0.3 is 0 Å². The number of Topliss-reactive ketones (excluding diaryl/α,β-unsaturated/α-hetero) is 1. The van der Waals surface area contributed by atoms with Gasteiger partial charge in [0.05, 0.1) is 12.2 Å². The predicted octanol–water partition coefficient (Wildman–Crippen LogP) is 1.13. The molecule has 2 N–H and O–H groups in total. The van der Waals surface area contributed by atoms with Gasteiger partial charge in [0, 0.05) is 36.2 Å². The third-order valence-electron chi connectivity index (χ3n) is 3.85. The maximum atomic E-state index is 12.1. The highest BCUT2D eigenvalue weighted by molar-refractivity contribution is 6.45. The van der Waals surface area contributed by atoms with Crippen LogP contribution in [0.5, 0.6) is 0 Å². The molecule has 0 radical (unpaired) electrons. The van der Waals surface area contributed by atoms with Gasteiger partial charge in [-0.3, -0.25) is 9.59 Å². The van der Waals surface area contributed by atoms with Gasteiger partial charge in [0.1, 0.15) is 0 Å². The van der Waals surface area contributed by atoms with E-state index in [0.29, 0.717) is 18.1 Å². The van der Waals surface area contributed by atoms with E-state index in [1.54, 1.807) is 7.11 Å². The Morgan fingerprint density at radius 1 is 1.40 bits per heavy atom. The summed E-state index contributed by atoms with van der Waals surface area (Å²) in [5.74, 6) is -1.17. The van der Waals surface area contributed by atoms with E-state index >= 15 is 0 Å². The second kappa shape index (κ2) is 4.76. The Kier molecular flexibility index (Phi) is 3.06. The molecule has 5 heteroatoms. The van der Waals surface area contributed by atoms with Crippen molar-refractivity contribution in [1.82, 2.24) is 4.57 Å². The van der Waals surface area contributed by atoms with Gasteiger partial charge in [-0.15, -0.1) is 0 Å². The van der Waals surface area contributed by atoms with Crippen LogP contribution in [0.2, 0.25) is 0 Å². The van der Waals surface area contributed by atoms with Crippen molar-refractivity contribution in [2.24, 2.45) is 11.7 Å². The lowest BCUT2D eigenvalue weighted by molar-refractivity contribution is -0.114. The number of amides is 1. The van der Waals surface area contributed by atoms with Crippen LogP contribution in [0, 0.1) is 5.92 Å². The summed E-state index contributed by atoms with van der Waals surface area (Å²) in [6.07, 6.45) is 0.733. The van der Waals surface area contributed by atoms with Gasteiger partial charge in [0.25, 0.3) is 11.7 Å². The predicted molar refractivity (Wildman–Crippen MR) is 74.5 cm³/mol. The van der Waals surface area contributed by atoms with Gasteiger partial charge in [0.2, 0.25) is 0 Å². The molecule has 0 saturated carbocycles. The SMILES string of the molecule is COC[C@H]1Cc2c(C(=O)C(N)=O)c3ccccc3n2C1. The maximum Gasteiger partial charge on any atom is 0.289 e. The molecule has 1 aromatic carbocycles. The molecule has 20 heavy (non-hydrogen) atoms. The van der Waals surface area contributed by atoms with Gasteiger partial charge in [0.15, 0.2) is 0 Å². The van der Waals surface area contributed by atoms with Crippen molar-refractivity contribution in [3.05, 3.63) is 35.5 Å². The van der Waals surface area contributed by atoms with Crippen LogP contribution in [-0.2, 0) is 22.5 Å². The fourth-order valence-corrected chi connectivity index (χ4v) is 3.10. The van der Waals surface area contributed by atoms with Crippen molar-refractivity contribution < 1.29 is 14.3 Å². The standard InChI is InChI=1S/C15H16N2O3/c1-20-8-9-6-12-13(14(18)15(16)19)10-4-2-3-5-11(10)17(12)7-9/h2-5,9H,6-8H2,1H3,(H2,16,19)/t9-/m0/s1. The molecule has 1 aromatic heterocycles. The molecule has 0 unspecified atom stereocenters. The lowest BCUT2D eigenvalue weighted by atomic mass is 10.0. The summed E-state index contributed by atoms with van der Waals surface area (Å²) < 4.78 is 7.30. The first kappa shape index (κ1) is 12.9. The molecular formula is C15H16N2O3. The molecule has 0 saturated heterocycles. The van der Waals surface area contributed by atoms with Crippen LogP contribution in [0.4, 0.5) is 0 Å². The fourth-order valence-electron chi connectivity index (χ4n) is 3.10. The van der Waals surface area contributed by atoms with E-state index in [9.17, 15) is 9.59 Å². The minimum atomic E-state index is -0.903. The molecule has 2 heterocycles. The van der Waals surface area contributed by atoms with Crippen LogP contribution in [0.3, 0.4) is 0 Å². The zero-order valence-corrected chi connectivity index (χ0v) is 11.3. The molecule has 1 atom stereocenters. The highest BCUT2D eigenvalue weighted by Crippen LogP contribution is 2.34. The first-order valence-electron chi connectivity index (χ1n) is 6.56. The number of ketones is 1. The van der Waals surface area contributed by atoms with E-state index in [4.69, 9.17) is 10.5 Å². The molecule has 1 aliphatic heterocycles. The molecule has 5 nitrogen and oxygen atoms in total. The number of rotatable bonds is 4. The molecule has 0 aliphatic carbocycles. The number of para-hydroxylation sites is 1. The van der Waals surface area contributed by atoms with Crippen LogP contribution in [-0.4, -0.2) is 30.0 Å². The summed E-state index contributed by atoms with van der Waals surface area (Å²) >= 11 is 0. The molecule has 0 fully saturated rings. The van der Waals surface area contributed by atoms with E-state index in [0.717, 1.165) is 29.6 Å². The van der Waals surface area contributed by atoms with Crippen LogP contribution in [0.25, 0.3) is 10.9 Å². The van der Waals surface area contributed by atoms with Gasteiger partial charge in [-0.1, -0.05) is 18.2 Å². The number of nitrogens with zero attached hydrogens (tertiary/aromatic N) is 1. The Hall–Kier alpha value is -2.14. The summed E-state index contributed by atoms with van der Waals surface area (Å²) in [6.45, 7) is 1.44. The number of nitrogens with two attached hydrogens (primary N) is 1. The third kappa shape index (κ3) is 1.82. The number of carbonyl (C=O) groups is 2. The summed E-state index contributed by atoms with van der Waals surface area (Å²) in [5, 5.41) is 0.808. The zero-order chi connectivity index (χ0) is 14.3. The van der Waals surface area contributed by atoms with E-state index in [2.05, 4.69) is 4.57 Å². The zero-order valence-electron chi connectivity index (χ0n) is 11.3. The number of aromatic nitrogens is 1. The van der Waals surface area contributed by atoms with Gasteiger partial charge in [-0.05, 0) is 12.5 Å². The smallest absolute Gasteiger partial charge is 0.289 e. The number of carbonyl (C=O) groups excluding carboxylic acids is 2. The number of methoxy groups -OCH3 is 1. The highest BCUT2D eigenvalue weighted by Gasteiger charge is 2.31. The van der Waals surface area contributed by atoms with E-state index < -0.39 is 11.7 Å². The van der Waals surface area contributed by atoms with Crippen molar-refractivity contribution in [2.45, 2.75) is 13.0 Å². The van der Waals surface area contributed by atoms with Crippen LogP contribution < -0.4 is 5.73 Å². The minimum Gasteiger partial charge on any atom is -0.384 e. The van der Waals surface area contributed by atoms with E-state index in [-0.39, 0.29) is 0 Å². The molecule has 2 aromatic rings. The largest absolute Gasteiger partial charge is 0.384 e. The minimum absolute atomic E-state index is 0.332. The van der Waals surface area contributed by atoms with Gasteiger partial charge in [-0.25, -0.2) is 0 Å². The van der Waals surface area contributed by atoms with Crippen molar-refractivity contribution >= 4 is 22.6 Å². The van der Waals surface area contributed by atoms with Gasteiger partial charge < -0.3 is 15.0 Å². The van der Waals surface area contributed by atoms with Crippen molar-refractivity contribution in [3.8, 4) is 0 Å². The Balaban J connectivity index is 2.18. The average Bonchev–Trinajstić information content (AvgIpc) is 2.94. The Morgan fingerprint density at radius 3 is 2.85 bits per heavy atom. The van der Waals surface area contributed by atoms with Crippen molar-refractivity contribution in [3.63, 3.8) is 0 Å². The van der Waals surface area contributed by atoms with E-state index in [1.807, 2.05) is 24.3 Å². The monoisotopic (exact) mass is 272 g/mol. The summed E-state index contributed by atoms with van der Waals surface area (Å²) in [6, 6.07) is 7.62. The molecule has 1 aliphatic rings. The fraction of sp³-hybridized carbons (Fsp3) is 0.333. The maximum absolute atomic E-state index is 12.1. The number of benzene rings is 1. The number of ether oxygens (including phenoxy) is 1. The second-order valence-electron chi connectivity index (χ2n) is 5.17. The molecule has 1 amide bonds.